The smallest absolute Gasteiger partial charge is 0.336 e. The molecule has 0 bridgehead atoms. The molecule has 114 valence electrons. The zero-order valence-corrected chi connectivity index (χ0v) is 12.8. The van der Waals surface area contributed by atoms with Gasteiger partial charge < -0.3 is 14.2 Å². The molecule has 4 nitrogen and oxygen atoms in total. The summed E-state index contributed by atoms with van der Waals surface area (Å²) in [5, 5.41) is 0. The van der Waals surface area contributed by atoms with E-state index in [1.54, 1.807) is 44.6 Å². The maximum atomic E-state index is 11.8. The van der Waals surface area contributed by atoms with Crippen LogP contribution < -0.4 is 14.2 Å². The monoisotopic (exact) mass is 298 g/mol. The zero-order valence-electron chi connectivity index (χ0n) is 12.8. The Balaban J connectivity index is 2.09. The van der Waals surface area contributed by atoms with Crippen LogP contribution in [-0.2, 0) is 4.79 Å². The number of hydrogen-bond donors (Lipinski definition) is 0. The molecule has 4 heteroatoms. The van der Waals surface area contributed by atoms with Crippen LogP contribution in [0.4, 0.5) is 0 Å². The molecule has 0 saturated heterocycles. The van der Waals surface area contributed by atoms with E-state index < -0.39 is 5.97 Å². The Kier molecular flexibility index (Phi) is 5.20. The van der Waals surface area contributed by atoms with E-state index in [1.807, 2.05) is 25.1 Å². The first-order valence-corrected chi connectivity index (χ1v) is 6.81. The third kappa shape index (κ3) is 4.12. The molecule has 0 aliphatic carbocycles. The highest BCUT2D eigenvalue weighted by Gasteiger charge is 2.04. The average molecular weight is 298 g/mol. The van der Waals surface area contributed by atoms with Gasteiger partial charge in [0.1, 0.15) is 17.2 Å². The number of aryl methyl sites for hydroxylation is 1. The van der Waals surface area contributed by atoms with Crippen LogP contribution in [0.15, 0.2) is 48.5 Å². The van der Waals surface area contributed by atoms with Gasteiger partial charge in [-0.15, -0.1) is 0 Å². The number of hydrogen-bond acceptors (Lipinski definition) is 4. The Labute approximate surface area is 129 Å². The fourth-order valence-corrected chi connectivity index (χ4v) is 1.94. The predicted molar refractivity (Wildman–Crippen MR) is 85.4 cm³/mol. The molecule has 0 saturated carbocycles. The summed E-state index contributed by atoms with van der Waals surface area (Å²) in [4.78, 5) is 11.8. The Morgan fingerprint density at radius 2 is 1.82 bits per heavy atom. The molecule has 0 N–H and O–H groups in total. The fourth-order valence-electron chi connectivity index (χ4n) is 1.94. The van der Waals surface area contributed by atoms with Gasteiger partial charge in [0.05, 0.1) is 14.2 Å². The molecule has 2 aromatic rings. The lowest BCUT2D eigenvalue weighted by Gasteiger charge is -2.07. The van der Waals surface area contributed by atoms with E-state index in [-0.39, 0.29) is 0 Å². The summed E-state index contributed by atoms with van der Waals surface area (Å²) in [6.45, 7) is 1.94. The molecule has 0 aromatic heterocycles. The van der Waals surface area contributed by atoms with E-state index in [2.05, 4.69) is 0 Å². The van der Waals surface area contributed by atoms with Gasteiger partial charge in [-0.25, -0.2) is 4.79 Å². The van der Waals surface area contributed by atoms with Crippen molar-refractivity contribution in [1.29, 1.82) is 0 Å². The molecule has 0 spiro atoms. The lowest BCUT2D eigenvalue weighted by molar-refractivity contribution is -0.128. The summed E-state index contributed by atoms with van der Waals surface area (Å²) in [5.41, 5.74) is 1.80. The highest BCUT2D eigenvalue weighted by molar-refractivity contribution is 5.89. The van der Waals surface area contributed by atoms with Crippen LogP contribution in [0.2, 0.25) is 0 Å². The SMILES string of the molecule is COc1ccc(/C=C/C(=O)Oc2cccc(C)c2)c(OC)c1. The third-order valence-electron chi connectivity index (χ3n) is 3.05. The van der Waals surface area contributed by atoms with Crippen molar-refractivity contribution in [3.05, 3.63) is 59.7 Å². The summed E-state index contributed by atoms with van der Waals surface area (Å²) in [6.07, 6.45) is 3.02. The van der Waals surface area contributed by atoms with Crippen LogP contribution in [-0.4, -0.2) is 20.2 Å². The fraction of sp³-hybridized carbons (Fsp3) is 0.167. The predicted octanol–water partition coefficient (Wildman–Crippen LogP) is 3.63. The normalized spacial score (nSPS) is 10.5. The molecule has 0 aliphatic heterocycles. The maximum absolute atomic E-state index is 11.8. The number of carbonyl (C=O) groups excluding carboxylic acids is 1. The van der Waals surface area contributed by atoms with E-state index >= 15 is 0 Å². The molecule has 22 heavy (non-hydrogen) atoms. The zero-order chi connectivity index (χ0) is 15.9. The topological polar surface area (TPSA) is 44.8 Å². The summed E-state index contributed by atoms with van der Waals surface area (Å²) in [5.74, 6) is 1.40. The molecule has 0 atom stereocenters. The van der Waals surface area contributed by atoms with Crippen molar-refractivity contribution in [3.63, 3.8) is 0 Å². The van der Waals surface area contributed by atoms with Crippen molar-refractivity contribution in [3.8, 4) is 17.2 Å². The lowest BCUT2D eigenvalue weighted by atomic mass is 10.1. The summed E-state index contributed by atoms with van der Waals surface area (Å²) < 4.78 is 15.6. The van der Waals surface area contributed by atoms with Gasteiger partial charge in [0, 0.05) is 17.7 Å². The van der Waals surface area contributed by atoms with E-state index in [0.717, 1.165) is 11.1 Å². The molecular weight excluding hydrogens is 280 g/mol. The van der Waals surface area contributed by atoms with Gasteiger partial charge in [-0.05, 0) is 42.8 Å². The van der Waals surface area contributed by atoms with E-state index in [9.17, 15) is 4.79 Å². The molecule has 0 aliphatic rings. The molecule has 0 heterocycles. The first kappa shape index (κ1) is 15.6. The number of ether oxygens (including phenoxy) is 3. The first-order valence-electron chi connectivity index (χ1n) is 6.81. The minimum absolute atomic E-state index is 0.441. The Hall–Kier alpha value is -2.75. The van der Waals surface area contributed by atoms with Gasteiger partial charge in [0.15, 0.2) is 0 Å². The van der Waals surface area contributed by atoms with Crippen LogP contribution in [0, 0.1) is 6.92 Å². The van der Waals surface area contributed by atoms with Gasteiger partial charge >= 0.3 is 5.97 Å². The van der Waals surface area contributed by atoms with Crippen molar-refractivity contribution >= 4 is 12.0 Å². The van der Waals surface area contributed by atoms with Crippen LogP contribution in [0.25, 0.3) is 6.08 Å². The van der Waals surface area contributed by atoms with E-state index in [0.29, 0.717) is 17.2 Å². The van der Waals surface area contributed by atoms with Gasteiger partial charge in [0.2, 0.25) is 0 Å². The molecular formula is C18H18O4. The largest absolute Gasteiger partial charge is 0.497 e. The second-order valence-electron chi connectivity index (χ2n) is 4.68. The van der Waals surface area contributed by atoms with Gasteiger partial charge in [-0.3, -0.25) is 0 Å². The third-order valence-corrected chi connectivity index (χ3v) is 3.05. The van der Waals surface area contributed by atoms with Crippen LogP contribution in [0.3, 0.4) is 0 Å². The van der Waals surface area contributed by atoms with Crippen LogP contribution >= 0.6 is 0 Å². The number of methoxy groups -OCH3 is 2. The number of esters is 1. The Morgan fingerprint density at radius 3 is 2.50 bits per heavy atom. The van der Waals surface area contributed by atoms with Gasteiger partial charge in [-0.2, -0.15) is 0 Å². The molecule has 0 amide bonds. The number of rotatable bonds is 5. The quantitative estimate of drug-likeness (QED) is 0.480. The van der Waals surface area contributed by atoms with E-state index in [1.165, 1.54) is 6.08 Å². The van der Waals surface area contributed by atoms with Crippen molar-refractivity contribution < 1.29 is 19.0 Å². The number of carbonyl (C=O) groups is 1. The standard InChI is InChI=1S/C18H18O4/c1-13-5-4-6-16(11-13)22-18(19)10-8-14-7-9-15(20-2)12-17(14)21-3/h4-12H,1-3H3/b10-8+. The van der Waals surface area contributed by atoms with Gasteiger partial charge in [0.25, 0.3) is 0 Å². The second-order valence-corrected chi connectivity index (χ2v) is 4.68. The first-order chi connectivity index (χ1) is 10.6. The summed E-state index contributed by atoms with van der Waals surface area (Å²) in [6, 6.07) is 12.7. The lowest BCUT2D eigenvalue weighted by Crippen LogP contribution is -2.03. The molecule has 2 aromatic carbocycles. The highest BCUT2D eigenvalue weighted by Crippen LogP contribution is 2.25. The average Bonchev–Trinajstić information content (AvgIpc) is 2.52. The van der Waals surface area contributed by atoms with E-state index in [4.69, 9.17) is 14.2 Å². The van der Waals surface area contributed by atoms with Crippen LogP contribution in [0.1, 0.15) is 11.1 Å². The molecule has 2 rings (SSSR count). The van der Waals surface area contributed by atoms with Gasteiger partial charge in [-0.1, -0.05) is 12.1 Å². The summed E-state index contributed by atoms with van der Waals surface area (Å²) >= 11 is 0. The molecule has 0 fully saturated rings. The second kappa shape index (κ2) is 7.31. The molecule has 0 radical (unpaired) electrons. The summed E-state index contributed by atoms with van der Waals surface area (Å²) in [7, 11) is 3.15. The van der Waals surface area contributed by atoms with Crippen molar-refractivity contribution in [2.24, 2.45) is 0 Å². The Bertz CT molecular complexity index is 689. The van der Waals surface area contributed by atoms with Crippen LogP contribution in [0.5, 0.6) is 17.2 Å². The van der Waals surface area contributed by atoms with Crippen molar-refractivity contribution in [2.75, 3.05) is 14.2 Å². The van der Waals surface area contributed by atoms with Crippen molar-refractivity contribution in [2.45, 2.75) is 6.92 Å². The maximum Gasteiger partial charge on any atom is 0.336 e. The molecule has 0 unspecified atom stereocenters. The Morgan fingerprint density at radius 1 is 1.00 bits per heavy atom. The highest BCUT2D eigenvalue weighted by atomic mass is 16.5. The number of benzene rings is 2. The minimum Gasteiger partial charge on any atom is -0.497 e. The van der Waals surface area contributed by atoms with Crippen molar-refractivity contribution in [1.82, 2.24) is 0 Å². The minimum atomic E-state index is -0.441.